The summed E-state index contributed by atoms with van der Waals surface area (Å²) in [4.78, 5) is 4.06. The molecule has 0 aliphatic rings. The van der Waals surface area contributed by atoms with Gasteiger partial charge in [0.2, 0.25) is 0 Å². The van der Waals surface area contributed by atoms with Crippen molar-refractivity contribution in [1.29, 1.82) is 0 Å². The second-order valence-corrected chi connectivity index (χ2v) is 3.01. The third-order valence-electron chi connectivity index (χ3n) is 2.10. The van der Waals surface area contributed by atoms with E-state index in [1.54, 1.807) is 22.9 Å². The van der Waals surface area contributed by atoms with Gasteiger partial charge >= 0.3 is 0 Å². The molecule has 7 heteroatoms. The number of nitrogens with one attached hydrogen (secondary N) is 1. The molecule has 3 aromatic rings. The molecule has 0 aromatic carbocycles. The van der Waals surface area contributed by atoms with E-state index in [-0.39, 0.29) is 0 Å². The van der Waals surface area contributed by atoms with Gasteiger partial charge in [-0.2, -0.15) is 5.10 Å². The zero-order valence-corrected chi connectivity index (χ0v) is 7.62. The van der Waals surface area contributed by atoms with Gasteiger partial charge in [-0.3, -0.25) is 9.50 Å². The number of rotatable bonds is 1. The van der Waals surface area contributed by atoms with Gasteiger partial charge in [-0.1, -0.05) is 0 Å². The van der Waals surface area contributed by atoms with Gasteiger partial charge in [0.15, 0.2) is 5.82 Å². The molecule has 7 nitrogen and oxygen atoms in total. The van der Waals surface area contributed by atoms with E-state index in [1.165, 1.54) is 0 Å². The number of hydrogen-bond acceptors (Lipinski definition) is 5. The number of fused-ring (bicyclic) bond motifs is 1. The summed E-state index contributed by atoms with van der Waals surface area (Å²) in [6, 6.07) is 1.80. The van der Waals surface area contributed by atoms with Gasteiger partial charge in [0, 0.05) is 12.4 Å². The van der Waals surface area contributed by atoms with Crippen LogP contribution in [0, 0.1) is 0 Å². The smallest absolute Gasteiger partial charge is 0.255 e. The van der Waals surface area contributed by atoms with Crippen molar-refractivity contribution >= 4 is 11.6 Å². The molecule has 0 spiro atoms. The fourth-order valence-corrected chi connectivity index (χ4v) is 1.40. The lowest BCUT2D eigenvalue weighted by molar-refractivity contribution is 1.10. The molecular formula is C8H7N7. The second-order valence-electron chi connectivity index (χ2n) is 3.01. The van der Waals surface area contributed by atoms with Crippen LogP contribution >= 0.6 is 0 Å². The van der Waals surface area contributed by atoms with Crippen molar-refractivity contribution in [3.05, 3.63) is 24.7 Å². The summed E-state index contributed by atoms with van der Waals surface area (Å²) < 4.78 is 1.75. The number of nitrogen functional groups attached to an aromatic ring is 1. The van der Waals surface area contributed by atoms with E-state index in [4.69, 9.17) is 5.73 Å². The molecule has 3 aromatic heterocycles. The standard InChI is InChI=1S/C8H7N7/c9-6-5(4-11-12-6)7-13-14-8-10-2-1-3-15(7)8/h1-4H,(H3,9,11,12). The number of nitrogens with zero attached hydrogens (tertiary/aromatic N) is 5. The number of nitrogens with two attached hydrogens (primary N) is 1. The Labute approximate surface area is 84.0 Å². The second kappa shape index (κ2) is 2.77. The van der Waals surface area contributed by atoms with Crippen LogP contribution in [0.2, 0.25) is 0 Å². The third kappa shape index (κ3) is 1.06. The van der Waals surface area contributed by atoms with Crippen molar-refractivity contribution in [3.8, 4) is 11.4 Å². The van der Waals surface area contributed by atoms with Crippen LogP contribution in [-0.2, 0) is 0 Å². The Balaban J connectivity index is 2.32. The largest absolute Gasteiger partial charge is 0.383 e. The molecular weight excluding hydrogens is 194 g/mol. The molecule has 0 saturated heterocycles. The summed E-state index contributed by atoms with van der Waals surface area (Å²) in [5, 5.41) is 14.4. The molecule has 0 aliphatic heterocycles. The lowest BCUT2D eigenvalue weighted by atomic mass is 10.3. The minimum Gasteiger partial charge on any atom is -0.383 e. The first-order valence-corrected chi connectivity index (χ1v) is 4.31. The highest BCUT2D eigenvalue weighted by Crippen LogP contribution is 2.21. The van der Waals surface area contributed by atoms with Crippen molar-refractivity contribution in [2.75, 3.05) is 5.73 Å². The van der Waals surface area contributed by atoms with Crippen molar-refractivity contribution in [1.82, 2.24) is 29.8 Å². The highest BCUT2D eigenvalue weighted by atomic mass is 15.3. The number of hydrogen-bond donors (Lipinski definition) is 2. The molecule has 15 heavy (non-hydrogen) atoms. The van der Waals surface area contributed by atoms with Gasteiger partial charge in [0.25, 0.3) is 5.78 Å². The summed E-state index contributed by atoms with van der Waals surface area (Å²) in [5.41, 5.74) is 6.42. The van der Waals surface area contributed by atoms with E-state index in [0.29, 0.717) is 17.4 Å². The van der Waals surface area contributed by atoms with Crippen molar-refractivity contribution in [2.24, 2.45) is 0 Å². The maximum absolute atomic E-state index is 5.70. The Morgan fingerprint density at radius 3 is 3.07 bits per heavy atom. The molecule has 0 radical (unpaired) electrons. The van der Waals surface area contributed by atoms with Gasteiger partial charge in [-0.25, -0.2) is 4.98 Å². The number of anilines is 1. The zero-order valence-electron chi connectivity index (χ0n) is 7.62. The van der Waals surface area contributed by atoms with Crippen LogP contribution in [0.5, 0.6) is 0 Å². The maximum atomic E-state index is 5.70. The fourth-order valence-electron chi connectivity index (χ4n) is 1.40. The molecule has 0 aliphatic carbocycles. The normalized spacial score (nSPS) is 10.9. The van der Waals surface area contributed by atoms with E-state index in [0.717, 1.165) is 5.56 Å². The van der Waals surface area contributed by atoms with Crippen molar-refractivity contribution in [3.63, 3.8) is 0 Å². The summed E-state index contributed by atoms with van der Waals surface area (Å²) in [5.74, 6) is 1.63. The average Bonchev–Trinajstić information content (AvgIpc) is 2.83. The Bertz CT molecular complexity index is 608. The van der Waals surface area contributed by atoms with E-state index in [1.807, 2.05) is 6.20 Å². The molecule has 0 bridgehead atoms. The van der Waals surface area contributed by atoms with Crippen LogP contribution < -0.4 is 5.73 Å². The lowest BCUT2D eigenvalue weighted by Gasteiger charge is -1.95. The van der Waals surface area contributed by atoms with Crippen LogP contribution in [0.15, 0.2) is 24.7 Å². The fraction of sp³-hybridized carbons (Fsp3) is 0. The predicted molar refractivity (Wildman–Crippen MR) is 52.8 cm³/mol. The Morgan fingerprint density at radius 1 is 1.33 bits per heavy atom. The monoisotopic (exact) mass is 201 g/mol. The third-order valence-corrected chi connectivity index (χ3v) is 2.10. The molecule has 74 valence electrons. The van der Waals surface area contributed by atoms with E-state index in [9.17, 15) is 0 Å². The number of H-pyrrole nitrogens is 1. The summed E-state index contributed by atoms with van der Waals surface area (Å²) in [6.45, 7) is 0. The quantitative estimate of drug-likeness (QED) is 0.581. The molecule has 3 N–H and O–H groups in total. The minimum atomic E-state index is 0.466. The van der Waals surface area contributed by atoms with Crippen LogP contribution in [0.1, 0.15) is 0 Å². The van der Waals surface area contributed by atoms with Gasteiger partial charge in [0.05, 0.1) is 11.8 Å². The van der Waals surface area contributed by atoms with E-state index >= 15 is 0 Å². The topological polar surface area (TPSA) is 97.8 Å². The van der Waals surface area contributed by atoms with E-state index in [2.05, 4.69) is 25.4 Å². The van der Waals surface area contributed by atoms with Crippen molar-refractivity contribution < 1.29 is 0 Å². The summed E-state index contributed by atoms with van der Waals surface area (Å²) in [6.07, 6.45) is 5.09. The number of aromatic amines is 1. The van der Waals surface area contributed by atoms with Gasteiger partial charge in [-0.15, -0.1) is 10.2 Å². The molecule has 0 unspecified atom stereocenters. The SMILES string of the molecule is Nc1[nH]ncc1-c1nnc2ncccn12. The Hall–Kier alpha value is -2.44. The highest BCUT2D eigenvalue weighted by molar-refractivity contribution is 5.68. The van der Waals surface area contributed by atoms with E-state index < -0.39 is 0 Å². The zero-order chi connectivity index (χ0) is 10.3. The summed E-state index contributed by atoms with van der Waals surface area (Å²) in [7, 11) is 0. The van der Waals surface area contributed by atoms with Crippen molar-refractivity contribution in [2.45, 2.75) is 0 Å². The first-order valence-electron chi connectivity index (χ1n) is 4.31. The molecule has 3 heterocycles. The molecule has 0 atom stereocenters. The lowest BCUT2D eigenvalue weighted by Crippen LogP contribution is -1.93. The molecule has 0 fully saturated rings. The van der Waals surface area contributed by atoms with Crippen LogP contribution in [0.3, 0.4) is 0 Å². The highest BCUT2D eigenvalue weighted by Gasteiger charge is 2.12. The molecule has 0 amide bonds. The van der Waals surface area contributed by atoms with Crippen LogP contribution in [0.25, 0.3) is 17.2 Å². The van der Waals surface area contributed by atoms with Gasteiger partial charge in [0.1, 0.15) is 5.82 Å². The first kappa shape index (κ1) is 7.92. The van der Waals surface area contributed by atoms with Gasteiger partial charge in [-0.05, 0) is 6.07 Å². The first-order chi connectivity index (χ1) is 7.36. The molecule has 3 rings (SSSR count). The van der Waals surface area contributed by atoms with Gasteiger partial charge < -0.3 is 5.73 Å². The Kier molecular flexibility index (Phi) is 1.46. The van der Waals surface area contributed by atoms with Crippen LogP contribution in [0.4, 0.5) is 5.82 Å². The maximum Gasteiger partial charge on any atom is 0.255 e. The summed E-state index contributed by atoms with van der Waals surface area (Å²) >= 11 is 0. The van der Waals surface area contributed by atoms with Crippen LogP contribution in [-0.4, -0.2) is 29.8 Å². The Morgan fingerprint density at radius 2 is 2.27 bits per heavy atom. The minimum absolute atomic E-state index is 0.466. The molecule has 0 saturated carbocycles. The number of aromatic nitrogens is 6. The average molecular weight is 201 g/mol. The predicted octanol–water partition coefficient (Wildman–Crippen LogP) is 0.0966.